The Hall–Kier alpha value is 0.1000. The minimum absolute atomic E-state index is 0.0506. The summed E-state index contributed by atoms with van der Waals surface area (Å²) in [6, 6.07) is 0. The van der Waals surface area contributed by atoms with Crippen molar-refractivity contribution in [1.82, 2.24) is 0 Å². The van der Waals surface area contributed by atoms with Gasteiger partial charge in [-0.05, 0) is 12.8 Å². The normalized spacial score (nSPS) is 45.0. The molecule has 0 spiro atoms. The number of aliphatic carboxylic acids is 1. The Morgan fingerprint density at radius 3 is 2.44 bits per heavy atom. The zero-order chi connectivity index (χ0) is 12.4. The van der Waals surface area contributed by atoms with Crippen molar-refractivity contribution in [2.24, 2.45) is 10.8 Å². The summed E-state index contributed by atoms with van der Waals surface area (Å²) >= 11 is 7.09. The highest BCUT2D eigenvalue weighted by Gasteiger charge is 2.74. The van der Waals surface area contributed by atoms with Crippen molar-refractivity contribution in [3.05, 3.63) is 0 Å². The van der Waals surface area contributed by atoms with Gasteiger partial charge < -0.3 is 5.11 Å². The third kappa shape index (κ3) is 1.19. The average molecular weight is 354 g/mol. The molecule has 0 amide bonds. The van der Waals surface area contributed by atoms with Crippen LogP contribution in [-0.2, 0) is 9.59 Å². The zero-order valence-corrected chi connectivity index (χ0v) is 12.4. The van der Waals surface area contributed by atoms with Crippen LogP contribution in [0.25, 0.3) is 0 Å². The molecule has 90 valence electrons. The number of hydrogen-bond acceptors (Lipinski definition) is 2. The van der Waals surface area contributed by atoms with Gasteiger partial charge in [0, 0.05) is 15.7 Å². The molecule has 3 nitrogen and oxygen atoms in total. The van der Waals surface area contributed by atoms with Crippen LogP contribution in [-0.4, -0.2) is 26.0 Å². The van der Waals surface area contributed by atoms with E-state index in [4.69, 9.17) is 5.11 Å². The lowest BCUT2D eigenvalue weighted by Crippen LogP contribution is -2.43. The topological polar surface area (TPSA) is 54.4 Å². The number of carbonyl (C=O) groups excluding carboxylic acids is 1. The standard InChI is InChI=1S/C11H14Br2O3/c1-9(2)8(16)11(13)4-3-10(9,7(11)12)5-6(14)15/h7H,3-5H2,1-2H3,(H,14,15)/t7-,10+,11-/m1/s1. The molecule has 0 radical (unpaired) electrons. The van der Waals surface area contributed by atoms with Crippen molar-refractivity contribution >= 4 is 43.6 Å². The molecule has 2 fully saturated rings. The van der Waals surface area contributed by atoms with Crippen LogP contribution in [0.1, 0.15) is 33.1 Å². The molecule has 2 aliphatic rings. The second kappa shape index (κ2) is 3.31. The Bertz CT molecular complexity index is 379. The highest BCUT2D eigenvalue weighted by molar-refractivity contribution is 9.13. The van der Waals surface area contributed by atoms with E-state index < -0.39 is 21.1 Å². The van der Waals surface area contributed by atoms with E-state index in [2.05, 4.69) is 31.9 Å². The van der Waals surface area contributed by atoms with Crippen LogP contribution in [0.5, 0.6) is 0 Å². The van der Waals surface area contributed by atoms with E-state index in [1.54, 1.807) is 0 Å². The number of rotatable bonds is 2. The monoisotopic (exact) mass is 352 g/mol. The summed E-state index contributed by atoms with van der Waals surface area (Å²) in [7, 11) is 0. The van der Waals surface area contributed by atoms with Gasteiger partial charge in [0.25, 0.3) is 0 Å². The lowest BCUT2D eigenvalue weighted by atomic mass is 9.63. The van der Waals surface area contributed by atoms with E-state index in [-0.39, 0.29) is 17.0 Å². The molecule has 2 rings (SSSR count). The van der Waals surface area contributed by atoms with Crippen LogP contribution in [0.15, 0.2) is 0 Å². The lowest BCUT2D eigenvalue weighted by molar-refractivity contribution is -0.143. The summed E-state index contributed by atoms with van der Waals surface area (Å²) in [4.78, 5) is 23.3. The molecule has 2 bridgehead atoms. The van der Waals surface area contributed by atoms with Gasteiger partial charge >= 0.3 is 5.97 Å². The maximum atomic E-state index is 12.3. The Balaban J connectivity index is 2.52. The van der Waals surface area contributed by atoms with Crippen molar-refractivity contribution in [2.75, 3.05) is 0 Å². The highest BCUT2D eigenvalue weighted by Crippen LogP contribution is 2.70. The van der Waals surface area contributed by atoms with Gasteiger partial charge in [-0.3, -0.25) is 9.59 Å². The molecule has 16 heavy (non-hydrogen) atoms. The summed E-state index contributed by atoms with van der Waals surface area (Å²) in [6.45, 7) is 3.74. The fourth-order valence-corrected chi connectivity index (χ4v) is 5.90. The first-order valence-corrected chi connectivity index (χ1v) is 6.99. The molecule has 2 saturated carbocycles. The maximum absolute atomic E-state index is 12.3. The minimum Gasteiger partial charge on any atom is -0.481 e. The smallest absolute Gasteiger partial charge is 0.303 e. The third-order valence-electron chi connectivity index (χ3n) is 4.48. The van der Waals surface area contributed by atoms with E-state index in [1.165, 1.54) is 0 Å². The Kier molecular flexibility index (Phi) is 2.60. The minimum atomic E-state index is -0.830. The molecule has 3 atom stereocenters. The quantitative estimate of drug-likeness (QED) is 0.776. The molecule has 0 saturated heterocycles. The highest BCUT2D eigenvalue weighted by atomic mass is 79.9. The van der Waals surface area contributed by atoms with Crippen LogP contribution < -0.4 is 0 Å². The molecular formula is C11H14Br2O3. The number of carbonyl (C=O) groups is 2. The second-order valence-electron chi connectivity index (χ2n) is 5.41. The molecule has 2 aliphatic carbocycles. The molecule has 0 unspecified atom stereocenters. The van der Waals surface area contributed by atoms with Gasteiger partial charge in [-0.2, -0.15) is 0 Å². The number of fused-ring (bicyclic) bond motifs is 2. The van der Waals surface area contributed by atoms with Crippen molar-refractivity contribution in [2.45, 2.75) is 42.3 Å². The third-order valence-corrected chi connectivity index (χ3v) is 7.97. The molecule has 0 aromatic rings. The van der Waals surface area contributed by atoms with Gasteiger partial charge in [0.15, 0.2) is 5.78 Å². The molecular weight excluding hydrogens is 340 g/mol. The summed E-state index contributed by atoms with van der Waals surface area (Å²) in [5, 5.41) is 9.06. The summed E-state index contributed by atoms with van der Waals surface area (Å²) in [5.74, 6) is -0.696. The van der Waals surface area contributed by atoms with E-state index in [9.17, 15) is 9.59 Å². The van der Waals surface area contributed by atoms with E-state index >= 15 is 0 Å². The van der Waals surface area contributed by atoms with Crippen LogP contribution in [0.4, 0.5) is 0 Å². The molecule has 0 aliphatic heterocycles. The van der Waals surface area contributed by atoms with Crippen molar-refractivity contribution in [1.29, 1.82) is 0 Å². The van der Waals surface area contributed by atoms with E-state index in [0.29, 0.717) is 0 Å². The molecule has 0 aromatic heterocycles. The van der Waals surface area contributed by atoms with Crippen molar-refractivity contribution < 1.29 is 14.7 Å². The summed E-state index contributed by atoms with van der Waals surface area (Å²) in [6.07, 6.45) is 1.55. The van der Waals surface area contributed by atoms with Crippen LogP contribution in [0.3, 0.4) is 0 Å². The Labute approximate surface area is 111 Å². The fourth-order valence-electron chi connectivity index (χ4n) is 3.37. The largest absolute Gasteiger partial charge is 0.481 e. The van der Waals surface area contributed by atoms with Gasteiger partial charge in [0.2, 0.25) is 0 Å². The number of carboxylic acids is 1. The van der Waals surface area contributed by atoms with Crippen LogP contribution in [0.2, 0.25) is 0 Å². The zero-order valence-electron chi connectivity index (χ0n) is 9.22. The average Bonchev–Trinajstić information content (AvgIpc) is 2.46. The van der Waals surface area contributed by atoms with Crippen LogP contribution >= 0.6 is 31.9 Å². The predicted molar refractivity (Wildman–Crippen MR) is 67.1 cm³/mol. The number of hydrogen-bond donors (Lipinski definition) is 1. The van der Waals surface area contributed by atoms with Crippen LogP contribution in [0, 0.1) is 10.8 Å². The molecule has 5 heteroatoms. The number of Topliss-reactive ketones (excluding diaryl/α,β-unsaturated/α-hetero) is 1. The molecule has 0 heterocycles. The number of halogens is 2. The van der Waals surface area contributed by atoms with Gasteiger partial charge in [-0.25, -0.2) is 0 Å². The predicted octanol–water partition coefficient (Wildman–Crippen LogP) is 2.75. The fraction of sp³-hybridized carbons (Fsp3) is 0.818. The van der Waals surface area contributed by atoms with Gasteiger partial charge in [0.1, 0.15) is 0 Å². The maximum Gasteiger partial charge on any atom is 0.303 e. The van der Waals surface area contributed by atoms with Gasteiger partial charge in [-0.15, -0.1) is 0 Å². The number of alkyl halides is 2. The van der Waals surface area contributed by atoms with Gasteiger partial charge in [0.05, 0.1) is 10.7 Å². The molecule has 1 N–H and O–H groups in total. The molecule has 0 aromatic carbocycles. The number of carboxylic acid groups (broad SMARTS) is 1. The van der Waals surface area contributed by atoms with E-state index in [1.807, 2.05) is 13.8 Å². The summed E-state index contributed by atoms with van der Waals surface area (Å²) < 4.78 is -0.564. The van der Waals surface area contributed by atoms with Crippen molar-refractivity contribution in [3.63, 3.8) is 0 Å². The van der Waals surface area contributed by atoms with Gasteiger partial charge in [-0.1, -0.05) is 45.7 Å². The Morgan fingerprint density at radius 1 is 1.50 bits per heavy atom. The lowest BCUT2D eigenvalue weighted by Gasteiger charge is -2.40. The Morgan fingerprint density at radius 2 is 2.06 bits per heavy atom. The first-order valence-electron chi connectivity index (χ1n) is 5.28. The number of ketones is 1. The summed E-state index contributed by atoms with van der Waals surface area (Å²) in [5.41, 5.74) is -1.04. The first kappa shape index (κ1) is 12.6. The first-order chi connectivity index (χ1) is 7.18. The van der Waals surface area contributed by atoms with Crippen molar-refractivity contribution in [3.8, 4) is 0 Å². The SMILES string of the molecule is CC1(C)C(=O)[C@@]2(Br)CC[C@]1(CC(=O)O)[C@H]2Br. The second-order valence-corrected chi connectivity index (χ2v) is 7.74. The van der Waals surface area contributed by atoms with E-state index in [0.717, 1.165) is 12.8 Å².